The second-order valence-electron chi connectivity index (χ2n) is 12.9. The molecule has 3 saturated heterocycles. The molecule has 7 nitrogen and oxygen atoms in total. The number of halogens is 6. The number of carboxylic acid groups (broad SMARTS) is 1. The molecule has 0 spiro atoms. The molecule has 2 aromatic rings. The van der Waals surface area contributed by atoms with Crippen molar-refractivity contribution < 1.29 is 36.6 Å². The van der Waals surface area contributed by atoms with Gasteiger partial charge in [-0.3, -0.25) is 19.5 Å². The number of aliphatic carboxylic acids is 1. The van der Waals surface area contributed by atoms with Crippen LogP contribution in [0, 0.1) is 11.7 Å². The second kappa shape index (κ2) is 12.6. The lowest BCUT2D eigenvalue weighted by molar-refractivity contribution is -0.143. The zero-order valence-corrected chi connectivity index (χ0v) is 26.8. The Morgan fingerprint density at radius 2 is 1.71 bits per heavy atom. The fourth-order valence-electron chi connectivity index (χ4n) is 7.70. The van der Waals surface area contributed by atoms with Gasteiger partial charge in [0.15, 0.2) is 0 Å². The van der Waals surface area contributed by atoms with Gasteiger partial charge in [0.05, 0.1) is 23.6 Å². The van der Waals surface area contributed by atoms with Gasteiger partial charge in [-0.1, -0.05) is 41.5 Å². The first-order chi connectivity index (χ1) is 21.3. The van der Waals surface area contributed by atoms with Crippen molar-refractivity contribution in [2.45, 2.75) is 72.2 Å². The molecule has 0 unspecified atom stereocenters. The quantitative estimate of drug-likeness (QED) is 0.222. The standard InChI is InChI=1S/C32H36F5IN4O3/c33-21-6-8-27(39-14-21)25-16-42(22-3-1-2-4-22)18-31(25,34)30(45)41-15-24(26(38)17-41)23-7-5-20(32(35,36)37)13-28(23)40-11-9-19(10-12-40)29(43)44/h5-8,13-14,19,22,24-26H,1-4,9-12,15-18H2,(H,43,44)/t24-,25+,26+,31+/m1/s1. The number of benzene rings is 1. The van der Waals surface area contributed by atoms with E-state index >= 15 is 4.39 Å². The zero-order chi connectivity index (χ0) is 32.1. The van der Waals surface area contributed by atoms with Gasteiger partial charge in [0.1, 0.15) is 5.82 Å². The fraction of sp³-hybridized carbons (Fsp3) is 0.594. The van der Waals surface area contributed by atoms with Gasteiger partial charge in [-0.25, -0.2) is 8.78 Å². The highest BCUT2D eigenvalue weighted by Crippen LogP contribution is 2.46. The van der Waals surface area contributed by atoms with Crippen molar-refractivity contribution in [2.75, 3.05) is 44.2 Å². The van der Waals surface area contributed by atoms with E-state index in [9.17, 15) is 32.3 Å². The minimum Gasteiger partial charge on any atom is -0.481 e. The van der Waals surface area contributed by atoms with Gasteiger partial charge in [0.25, 0.3) is 5.91 Å². The number of pyridine rings is 1. The van der Waals surface area contributed by atoms with E-state index in [0.29, 0.717) is 49.4 Å². The summed E-state index contributed by atoms with van der Waals surface area (Å²) in [6, 6.07) is 6.45. The average molecular weight is 747 g/mol. The van der Waals surface area contributed by atoms with Crippen LogP contribution in [0.15, 0.2) is 36.5 Å². The number of anilines is 1. The van der Waals surface area contributed by atoms with E-state index in [-0.39, 0.29) is 35.5 Å². The largest absolute Gasteiger partial charge is 0.481 e. The van der Waals surface area contributed by atoms with Crippen molar-refractivity contribution in [1.82, 2.24) is 14.8 Å². The fourth-order valence-corrected chi connectivity index (χ4v) is 8.79. The maximum atomic E-state index is 17.3. The van der Waals surface area contributed by atoms with Crippen molar-refractivity contribution in [1.29, 1.82) is 0 Å². The van der Waals surface area contributed by atoms with Crippen LogP contribution in [0.3, 0.4) is 0 Å². The van der Waals surface area contributed by atoms with Crippen LogP contribution in [-0.4, -0.2) is 86.7 Å². The van der Waals surface area contributed by atoms with E-state index in [1.165, 1.54) is 23.1 Å². The molecule has 45 heavy (non-hydrogen) atoms. The van der Waals surface area contributed by atoms with Crippen LogP contribution >= 0.6 is 22.6 Å². The summed E-state index contributed by atoms with van der Waals surface area (Å²) in [5.74, 6) is -3.91. The van der Waals surface area contributed by atoms with E-state index in [0.717, 1.165) is 44.0 Å². The summed E-state index contributed by atoms with van der Waals surface area (Å²) >= 11 is 2.19. The molecule has 1 amide bonds. The smallest absolute Gasteiger partial charge is 0.416 e. The van der Waals surface area contributed by atoms with Gasteiger partial charge >= 0.3 is 12.1 Å². The number of carboxylic acids is 1. The summed E-state index contributed by atoms with van der Waals surface area (Å²) in [7, 11) is 0. The minimum absolute atomic E-state index is 0.0860. The Morgan fingerprint density at radius 1 is 1.00 bits per heavy atom. The molecule has 4 heterocycles. The van der Waals surface area contributed by atoms with Gasteiger partial charge in [0, 0.05) is 66.5 Å². The number of piperidine rings is 1. The third-order valence-electron chi connectivity index (χ3n) is 10.2. The molecule has 0 bridgehead atoms. The molecule has 1 N–H and O–H groups in total. The molecule has 1 aromatic heterocycles. The van der Waals surface area contributed by atoms with Crippen molar-refractivity contribution >= 4 is 40.2 Å². The molecule has 1 saturated carbocycles. The Labute approximate surface area is 272 Å². The van der Waals surface area contributed by atoms with E-state index in [4.69, 9.17) is 0 Å². The summed E-state index contributed by atoms with van der Waals surface area (Å²) in [6.45, 7) is 1.16. The molecule has 244 valence electrons. The van der Waals surface area contributed by atoms with Crippen LogP contribution in [0.2, 0.25) is 0 Å². The third kappa shape index (κ3) is 6.39. The van der Waals surface area contributed by atoms with Crippen molar-refractivity contribution in [3.8, 4) is 0 Å². The first kappa shape index (κ1) is 32.4. The topological polar surface area (TPSA) is 77.0 Å². The third-order valence-corrected chi connectivity index (χ3v) is 11.4. The van der Waals surface area contributed by atoms with Crippen LogP contribution in [0.1, 0.15) is 67.2 Å². The molecule has 1 aromatic carbocycles. The molecule has 13 heteroatoms. The second-order valence-corrected chi connectivity index (χ2v) is 14.5. The van der Waals surface area contributed by atoms with Crippen molar-refractivity contribution in [3.05, 3.63) is 59.2 Å². The van der Waals surface area contributed by atoms with Gasteiger partial charge in [-0.05, 0) is 55.5 Å². The summed E-state index contributed by atoms with van der Waals surface area (Å²) < 4.78 is 72.2. The van der Waals surface area contributed by atoms with Crippen LogP contribution < -0.4 is 4.90 Å². The first-order valence-corrected chi connectivity index (χ1v) is 16.8. The molecule has 1 aliphatic carbocycles. The van der Waals surface area contributed by atoms with Gasteiger partial charge in [0.2, 0.25) is 5.67 Å². The number of aromatic nitrogens is 1. The predicted octanol–water partition coefficient (Wildman–Crippen LogP) is 6.02. The molecule has 6 rings (SSSR count). The Morgan fingerprint density at radius 3 is 2.33 bits per heavy atom. The lowest BCUT2D eigenvalue weighted by Gasteiger charge is -2.35. The lowest BCUT2D eigenvalue weighted by Crippen LogP contribution is -2.50. The molecule has 4 atom stereocenters. The Bertz CT molecular complexity index is 1410. The van der Waals surface area contributed by atoms with Gasteiger partial charge < -0.3 is 14.9 Å². The highest BCUT2D eigenvalue weighted by molar-refractivity contribution is 14.1. The number of amides is 1. The Balaban J connectivity index is 1.28. The number of carbonyl (C=O) groups is 2. The predicted molar refractivity (Wildman–Crippen MR) is 166 cm³/mol. The average Bonchev–Trinajstić information content (AvgIpc) is 3.76. The molecular weight excluding hydrogens is 710 g/mol. The lowest BCUT2D eigenvalue weighted by atomic mass is 9.88. The zero-order valence-electron chi connectivity index (χ0n) is 24.7. The highest BCUT2D eigenvalue weighted by atomic mass is 127. The number of likely N-dealkylation sites (tertiary alicyclic amines) is 2. The Hall–Kier alpha value is -2.55. The molecule has 0 radical (unpaired) electrons. The summed E-state index contributed by atoms with van der Waals surface area (Å²) in [6.07, 6.45) is 1.04. The number of nitrogens with zero attached hydrogens (tertiary/aromatic N) is 4. The van der Waals surface area contributed by atoms with Crippen LogP contribution in [0.4, 0.5) is 27.6 Å². The van der Waals surface area contributed by atoms with E-state index in [2.05, 4.69) is 27.6 Å². The summed E-state index contributed by atoms with van der Waals surface area (Å²) in [4.78, 5) is 35.2. The number of carbonyl (C=O) groups excluding carboxylic acids is 1. The van der Waals surface area contributed by atoms with Crippen molar-refractivity contribution in [2.24, 2.45) is 5.92 Å². The minimum atomic E-state index is -4.56. The maximum absolute atomic E-state index is 17.3. The van der Waals surface area contributed by atoms with Crippen LogP contribution in [0.25, 0.3) is 0 Å². The number of hydrogen-bond acceptors (Lipinski definition) is 5. The molecular formula is C32H36F5IN4O3. The number of hydrogen-bond donors (Lipinski definition) is 1. The maximum Gasteiger partial charge on any atom is 0.416 e. The van der Waals surface area contributed by atoms with Crippen LogP contribution in [0.5, 0.6) is 0 Å². The van der Waals surface area contributed by atoms with E-state index in [1.807, 2.05) is 4.90 Å². The normalized spacial score (nSPS) is 28.7. The molecule has 3 aliphatic heterocycles. The van der Waals surface area contributed by atoms with Gasteiger partial charge in [-0.15, -0.1) is 0 Å². The SMILES string of the molecule is O=C(O)C1CCN(c2cc(C(F)(F)F)ccc2[C@H]2CN(C(=O)[C@]3(F)CN(C4CCCC4)C[C@H]3c3ccc(F)cn3)C[C@@H]2I)CC1. The number of rotatable bonds is 6. The van der Waals surface area contributed by atoms with E-state index in [1.54, 1.807) is 4.90 Å². The first-order valence-electron chi connectivity index (χ1n) is 15.5. The van der Waals surface area contributed by atoms with E-state index < -0.39 is 46.9 Å². The Kier molecular flexibility index (Phi) is 9.05. The summed E-state index contributed by atoms with van der Waals surface area (Å²) in [5, 5.41) is 9.42. The summed E-state index contributed by atoms with van der Waals surface area (Å²) in [5.41, 5.74) is -1.75. The molecule has 4 fully saturated rings. The monoisotopic (exact) mass is 746 g/mol. The van der Waals surface area contributed by atoms with Crippen LogP contribution in [-0.2, 0) is 15.8 Å². The van der Waals surface area contributed by atoms with Gasteiger partial charge in [-0.2, -0.15) is 13.2 Å². The highest BCUT2D eigenvalue weighted by Gasteiger charge is 2.58. The number of alkyl halides is 5. The van der Waals surface area contributed by atoms with Crippen molar-refractivity contribution in [3.63, 3.8) is 0 Å². The molecule has 4 aliphatic rings.